The maximum absolute atomic E-state index is 11.7. The Morgan fingerprint density at radius 2 is 2.19 bits per heavy atom. The molecule has 1 unspecified atom stereocenters. The van der Waals surface area contributed by atoms with Crippen molar-refractivity contribution in [2.45, 2.75) is 38.8 Å². The lowest BCUT2D eigenvalue weighted by Gasteiger charge is -2.24. The molecular weight excluding hydrogens is 272 g/mol. The van der Waals surface area contributed by atoms with Crippen LogP contribution in [0.3, 0.4) is 0 Å². The van der Waals surface area contributed by atoms with Crippen molar-refractivity contribution in [1.82, 2.24) is 19.9 Å². The predicted octanol–water partition coefficient (Wildman–Crippen LogP) is 0.455. The van der Waals surface area contributed by atoms with Crippen molar-refractivity contribution in [3.63, 3.8) is 0 Å². The standard InChI is InChI=1S/C14H22N4O3/c1-2-13-15-12(16-21-13)10-17-5-3-6-18(8-7-17)11-4-9-20-14(11)19/h11H,2-10H2,1H3. The minimum absolute atomic E-state index is 0.0400. The van der Waals surface area contributed by atoms with E-state index in [0.29, 0.717) is 19.0 Å². The smallest absolute Gasteiger partial charge is 0.323 e. The molecule has 3 heterocycles. The highest BCUT2D eigenvalue weighted by Gasteiger charge is 2.33. The molecule has 0 amide bonds. The fourth-order valence-electron chi connectivity index (χ4n) is 2.98. The largest absolute Gasteiger partial charge is 0.464 e. The molecule has 0 N–H and O–H groups in total. The second-order valence-electron chi connectivity index (χ2n) is 5.60. The van der Waals surface area contributed by atoms with Gasteiger partial charge in [0.2, 0.25) is 5.89 Å². The van der Waals surface area contributed by atoms with Gasteiger partial charge in [-0.25, -0.2) is 0 Å². The first kappa shape index (κ1) is 14.5. The third-order valence-corrected chi connectivity index (χ3v) is 4.15. The van der Waals surface area contributed by atoms with E-state index >= 15 is 0 Å². The van der Waals surface area contributed by atoms with Gasteiger partial charge in [-0.2, -0.15) is 4.98 Å². The number of rotatable bonds is 4. The molecule has 2 saturated heterocycles. The summed E-state index contributed by atoms with van der Waals surface area (Å²) >= 11 is 0. The van der Waals surface area contributed by atoms with Gasteiger partial charge >= 0.3 is 5.97 Å². The Hall–Kier alpha value is -1.47. The van der Waals surface area contributed by atoms with E-state index in [1.807, 2.05) is 6.92 Å². The summed E-state index contributed by atoms with van der Waals surface area (Å²) in [6.45, 7) is 7.02. The Bertz CT molecular complexity index is 490. The Morgan fingerprint density at radius 3 is 2.90 bits per heavy atom. The Labute approximate surface area is 124 Å². The molecule has 0 bridgehead atoms. The van der Waals surface area contributed by atoms with E-state index in [0.717, 1.165) is 51.3 Å². The molecule has 0 radical (unpaired) electrons. The van der Waals surface area contributed by atoms with Gasteiger partial charge in [0.05, 0.1) is 13.2 Å². The molecular formula is C14H22N4O3. The van der Waals surface area contributed by atoms with Crippen molar-refractivity contribution in [2.75, 3.05) is 32.8 Å². The summed E-state index contributed by atoms with van der Waals surface area (Å²) in [5, 5.41) is 4.00. The van der Waals surface area contributed by atoms with Gasteiger partial charge in [0, 0.05) is 32.5 Å². The zero-order valence-corrected chi connectivity index (χ0v) is 12.5. The Balaban J connectivity index is 1.54. The van der Waals surface area contributed by atoms with Crippen LogP contribution in [-0.2, 0) is 22.5 Å². The second kappa shape index (κ2) is 6.53. The van der Waals surface area contributed by atoms with Crippen LogP contribution in [0.2, 0.25) is 0 Å². The van der Waals surface area contributed by atoms with Gasteiger partial charge in [0.15, 0.2) is 5.82 Å². The number of nitrogens with zero attached hydrogens (tertiary/aromatic N) is 4. The van der Waals surface area contributed by atoms with Gasteiger partial charge < -0.3 is 9.26 Å². The SMILES string of the molecule is CCc1nc(CN2CCCN(C3CCOC3=O)CC2)no1. The molecule has 2 aliphatic rings. The molecule has 2 fully saturated rings. The molecule has 2 aliphatic heterocycles. The van der Waals surface area contributed by atoms with Crippen LogP contribution in [0, 0.1) is 0 Å². The Kier molecular flexibility index (Phi) is 4.50. The van der Waals surface area contributed by atoms with Gasteiger partial charge in [-0.1, -0.05) is 12.1 Å². The van der Waals surface area contributed by atoms with Crippen molar-refractivity contribution in [3.8, 4) is 0 Å². The number of cyclic esters (lactones) is 1. The Morgan fingerprint density at radius 1 is 1.29 bits per heavy atom. The summed E-state index contributed by atoms with van der Waals surface area (Å²) in [5.41, 5.74) is 0. The number of carbonyl (C=O) groups is 1. The van der Waals surface area contributed by atoms with Crippen LogP contribution in [0.5, 0.6) is 0 Å². The monoisotopic (exact) mass is 294 g/mol. The first-order chi connectivity index (χ1) is 10.3. The maximum Gasteiger partial charge on any atom is 0.323 e. The zero-order chi connectivity index (χ0) is 14.7. The molecule has 21 heavy (non-hydrogen) atoms. The molecule has 1 aromatic rings. The van der Waals surface area contributed by atoms with E-state index in [1.54, 1.807) is 0 Å². The van der Waals surface area contributed by atoms with Crippen molar-refractivity contribution in [3.05, 3.63) is 11.7 Å². The summed E-state index contributed by atoms with van der Waals surface area (Å²) in [4.78, 5) is 20.6. The number of hydrogen-bond acceptors (Lipinski definition) is 7. The molecule has 1 aromatic heterocycles. The van der Waals surface area contributed by atoms with Crippen LogP contribution in [0.25, 0.3) is 0 Å². The number of aromatic nitrogens is 2. The molecule has 7 nitrogen and oxygen atoms in total. The fourth-order valence-corrected chi connectivity index (χ4v) is 2.98. The molecule has 3 rings (SSSR count). The van der Waals surface area contributed by atoms with E-state index in [4.69, 9.17) is 9.26 Å². The van der Waals surface area contributed by atoms with Gasteiger partial charge in [-0.05, 0) is 13.0 Å². The fraction of sp³-hybridized carbons (Fsp3) is 0.786. The quantitative estimate of drug-likeness (QED) is 0.747. The third kappa shape index (κ3) is 3.41. The van der Waals surface area contributed by atoms with Crippen LogP contribution in [0.1, 0.15) is 31.5 Å². The lowest BCUT2D eigenvalue weighted by molar-refractivity contribution is -0.142. The molecule has 7 heteroatoms. The van der Waals surface area contributed by atoms with Crippen LogP contribution in [0.15, 0.2) is 4.52 Å². The van der Waals surface area contributed by atoms with E-state index in [-0.39, 0.29) is 12.0 Å². The zero-order valence-electron chi connectivity index (χ0n) is 12.5. The first-order valence-electron chi connectivity index (χ1n) is 7.70. The van der Waals surface area contributed by atoms with E-state index in [2.05, 4.69) is 19.9 Å². The third-order valence-electron chi connectivity index (χ3n) is 4.15. The molecule has 0 aromatic carbocycles. The number of ether oxygens (including phenoxy) is 1. The molecule has 0 spiro atoms. The normalized spacial score (nSPS) is 25.0. The van der Waals surface area contributed by atoms with Gasteiger partial charge in [0.1, 0.15) is 6.04 Å². The lowest BCUT2D eigenvalue weighted by Crippen LogP contribution is -2.41. The van der Waals surface area contributed by atoms with Crippen LogP contribution in [-0.4, -0.2) is 64.7 Å². The van der Waals surface area contributed by atoms with Crippen molar-refractivity contribution in [1.29, 1.82) is 0 Å². The van der Waals surface area contributed by atoms with E-state index in [1.165, 1.54) is 0 Å². The highest BCUT2D eigenvalue weighted by molar-refractivity contribution is 5.77. The second-order valence-corrected chi connectivity index (χ2v) is 5.60. The maximum atomic E-state index is 11.7. The van der Waals surface area contributed by atoms with Crippen LogP contribution >= 0.6 is 0 Å². The highest BCUT2D eigenvalue weighted by Crippen LogP contribution is 2.17. The summed E-state index contributed by atoms with van der Waals surface area (Å²) in [5.74, 6) is 1.38. The van der Waals surface area contributed by atoms with Gasteiger partial charge in [-0.3, -0.25) is 14.6 Å². The minimum atomic E-state index is -0.0609. The minimum Gasteiger partial charge on any atom is -0.464 e. The van der Waals surface area contributed by atoms with E-state index in [9.17, 15) is 4.79 Å². The average Bonchev–Trinajstić information content (AvgIpc) is 3.04. The van der Waals surface area contributed by atoms with Gasteiger partial charge in [-0.15, -0.1) is 0 Å². The summed E-state index contributed by atoms with van der Waals surface area (Å²) in [7, 11) is 0. The molecule has 116 valence electrons. The summed E-state index contributed by atoms with van der Waals surface area (Å²) in [6.07, 6.45) is 2.64. The molecule has 0 aliphatic carbocycles. The van der Waals surface area contributed by atoms with Crippen LogP contribution in [0.4, 0.5) is 0 Å². The number of aryl methyl sites for hydroxylation is 1. The lowest BCUT2D eigenvalue weighted by atomic mass is 10.2. The summed E-state index contributed by atoms with van der Waals surface area (Å²) in [6, 6.07) is -0.0400. The van der Waals surface area contributed by atoms with E-state index < -0.39 is 0 Å². The topological polar surface area (TPSA) is 71.7 Å². The highest BCUT2D eigenvalue weighted by atomic mass is 16.5. The van der Waals surface area contributed by atoms with Crippen molar-refractivity contribution >= 4 is 5.97 Å². The molecule has 1 atom stereocenters. The number of carbonyl (C=O) groups excluding carboxylic acids is 1. The van der Waals surface area contributed by atoms with Crippen LogP contribution < -0.4 is 0 Å². The van der Waals surface area contributed by atoms with Crippen molar-refractivity contribution < 1.29 is 14.1 Å². The van der Waals surface area contributed by atoms with Crippen molar-refractivity contribution in [2.24, 2.45) is 0 Å². The predicted molar refractivity (Wildman–Crippen MR) is 74.5 cm³/mol. The number of hydrogen-bond donors (Lipinski definition) is 0. The number of esters is 1. The summed E-state index contributed by atoms with van der Waals surface area (Å²) < 4.78 is 10.2. The van der Waals surface area contributed by atoms with Gasteiger partial charge in [0.25, 0.3) is 0 Å². The molecule has 0 saturated carbocycles. The first-order valence-corrected chi connectivity index (χ1v) is 7.70. The average molecular weight is 294 g/mol.